The topological polar surface area (TPSA) is 58.2 Å². The van der Waals surface area contributed by atoms with Crippen LogP contribution in [-0.2, 0) is 10.0 Å². The molecule has 164 valence electrons. The van der Waals surface area contributed by atoms with Crippen LogP contribution in [0.4, 0.5) is 11.4 Å². The number of allylic oxidation sites excluding steroid dienone is 2. The van der Waals surface area contributed by atoms with Crippen LogP contribution in [0.3, 0.4) is 0 Å². The van der Waals surface area contributed by atoms with Crippen LogP contribution in [0.15, 0.2) is 77.7 Å². The zero-order valence-electron chi connectivity index (χ0n) is 18.0. The van der Waals surface area contributed by atoms with E-state index in [-0.39, 0.29) is 22.8 Å². The van der Waals surface area contributed by atoms with E-state index < -0.39 is 10.0 Å². The maximum atomic E-state index is 13.2. The van der Waals surface area contributed by atoms with E-state index in [0.29, 0.717) is 5.69 Å². The molecule has 5 rings (SSSR count). The summed E-state index contributed by atoms with van der Waals surface area (Å²) in [6, 6.07) is 19.1. The molecule has 0 aromatic heterocycles. The molecule has 0 unspecified atom stereocenters. The highest BCUT2D eigenvalue weighted by molar-refractivity contribution is 7.92. The number of halogens is 1. The lowest BCUT2D eigenvalue weighted by Gasteiger charge is -2.38. The van der Waals surface area contributed by atoms with Gasteiger partial charge in [0.1, 0.15) is 0 Å². The minimum Gasteiger partial charge on any atom is -0.378 e. The first-order chi connectivity index (χ1) is 15.3. The fourth-order valence-electron chi connectivity index (χ4n) is 4.82. The van der Waals surface area contributed by atoms with E-state index >= 15 is 0 Å². The van der Waals surface area contributed by atoms with Gasteiger partial charge in [-0.3, -0.25) is 4.72 Å². The summed E-state index contributed by atoms with van der Waals surface area (Å²) in [5.41, 5.74) is 5.54. The van der Waals surface area contributed by atoms with Gasteiger partial charge in [0.25, 0.3) is 10.0 Å². The summed E-state index contributed by atoms with van der Waals surface area (Å²) >= 11 is 6.51. The average molecular weight is 465 g/mol. The van der Waals surface area contributed by atoms with Crippen molar-refractivity contribution in [1.82, 2.24) is 0 Å². The fourth-order valence-corrected chi connectivity index (χ4v) is 6.23. The molecule has 0 bridgehead atoms. The lowest BCUT2D eigenvalue weighted by Crippen LogP contribution is -2.29. The maximum absolute atomic E-state index is 13.2. The van der Waals surface area contributed by atoms with Crippen LogP contribution >= 0.6 is 11.6 Å². The molecule has 0 amide bonds. The minimum absolute atomic E-state index is 0.0757. The van der Waals surface area contributed by atoms with Crippen molar-refractivity contribution in [3.05, 3.63) is 100 Å². The van der Waals surface area contributed by atoms with Crippen molar-refractivity contribution in [2.45, 2.75) is 37.1 Å². The lowest BCUT2D eigenvalue weighted by molar-refractivity contribution is 0.425. The van der Waals surface area contributed by atoms with Crippen molar-refractivity contribution in [2.24, 2.45) is 5.92 Å². The molecule has 2 N–H and O–H groups in total. The number of fused-ring (bicyclic) bond motifs is 3. The molecule has 32 heavy (non-hydrogen) atoms. The van der Waals surface area contributed by atoms with E-state index in [0.717, 1.165) is 39.4 Å². The highest BCUT2D eigenvalue weighted by atomic mass is 35.5. The Morgan fingerprint density at radius 1 is 1.00 bits per heavy atom. The summed E-state index contributed by atoms with van der Waals surface area (Å²) in [6.07, 6.45) is 5.30. The molecule has 1 heterocycles. The highest BCUT2D eigenvalue weighted by Gasteiger charge is 2.39. The Bertz CT molecular complexity index is 1330. The maximum Gasteiger partial charge on any atom is 0.261 e. The first-order valence-corrected chi connectivity index (χ1v) is 12.6. The molecule has 1 aliphatic heterocycles. The second kappa shape index (κ2) is 7.98. The second-order valence-electron chi connectivity index (χ2n) is 8.67. The van der Waals surface area contributed by atoms with E-state index in [2.05, 4.69) is 28.3 Å². The Hall–Kier alpha value is -2.76. The summed E-state index contributed by atoms with van der Waals surface area (Å²) < 4.78 is 29.2. The molecule has 0 saturated heterocycles. The van der Waals surface area contributed by atoms with Crippen molar-refractivity contribution >= 4 is 33.0 Å². The molecule has 6 heteroatoms. The van der Waals surface area contributed by atoms with Gasteiger partial charge in [0, 0.05) is 16.6 Å². The number of rotatable bonds is 4. The van der Waals surface area contributed by atoms with Crippen LogP contribution < -0.4 is 10.0 Å². The number of hydrogen-bond donors (Lipinski definition) is 2. The molecular weight excluding hydrogens is 440 g/mol. The predicted octanol–water partition coefficient (Wildman–Crippen LogP) is 6.58. The molecule has 3 aromatic rings. The minimum atomic E-state index is -3.71. The molecule has 1 aliphatic carbocycles. The van der Waals surface area contributed by atoms with E-state index in [1.807, 2.05) is 62.4 Å². The Morgan fingerprint density at radius 2 is 1.81 bits per heavy atom. The Kier molecular flexibility index (Phi) is 5.26. The number of benzene rings is 3. The average Bonchev–Trinajstić information content (AvgIpc) is 3.26. The van der Waals surface area contributed by atoms with Gasteiger partial charge in [-0.1, -0.05) is 54.1 Å². The zero-order valence-corrected chi connectivity index (χ0v) is 19.5. The van der Waals surface area contributed by atoms with Crippen LogP contribution in [0.1, 0.15) is 40.6 Å². The number of anilines is 2. The number of hydrogen-bond acceptors (Lipinski definition) is 3. The molecule has 0 fully saturated rings. The largest absolute Gasteiger partial charge is 0.378 e. The zero-order chi connectivity index (χ0) is 22.5. The molecular formula is C26H25ClN2O2S. The van der Waals surface area contributed by atoms with E-state index in [9.17, 15) is 8.42 Å². The second-order valence-corrected chi connectivity index (χ2v) is 10.8. The van der Waals surface area contributed by atoms with Crippen LogP contribution in [-0.4, -0.2) is 8.42 Å². The van der Waals surface area contributed by atoms with Crippen LogP contribution in [0.5, 0.6) is 0 Å². The molecule has 4 nitrogen and oxygen atoms in total. The predicted molar refractivity (Wildman–Crippen MR) is 131 cm³/mol. The quantitative estimate of drug-likeness (QED) is 0.428. The van der Waals surface area contributed by atoms with Gasteiger partial charge in [-0.05, 0) is 78.8 Å². The summed E-state index contributed by atoms with van der Waals surface area (Å²) in [6.45, 7) is 3.85. The van der Waals surface area contributed by atoms with Gasteiger partial charge in [-0.2, -0.15) is 0 Å². The van der Waals surface area contributed by atoms with E-state index in [1.54, 1.807) is 6.07 Å². The lowest BCUT2D eigenvalue weighted by atomic mass is 9.77. The van der Waals surface area contributed by atoms with Gasteiger partial charge in [0.2, 0.25) is 0 Å². The molecule has 0 radical (unpaired) electrons. The molecule has 3 atom stereocenters. The third-order valence-corrected chi connectivity index (χ3v) is 8.23. The van der Waals surface area contributed by atoms with Crippen molar-refractivity contribution in [1.29, 1.82) is 0 Å². The smallest absolute Gasteiger partial charge is 0.261 e. The van der Waals surface area contributed by atoms with Gasteiger partial charge in [-0.25, -0.2) is 8.42 Å². The molecule has 0 spiro atoms. The number of aryl methyl sites for hydroxylation is 2. The van der Waals surface area contributed by atoms with E-state index in [1.165, 1.54) is 0 Å². The Labute approximate surface area is 194 Å². The van der Waals surface area contributed by atoms with Crippen molar-refractivity contribution in [3.8, 4) is 0 Å². The molecule has 3 aromatic carbocycles. The summed E-state index contributed by atoms with van der Waals surface area (Å²) in [4.78, 5) is 0.272. The third kappa shape index (κ3) is 3.70. The summed E-state index contributed by atoms with van der Waals surface area (Å²) in [5, 5.41) is 4.38. The third-order valence-electron chi connectivity index (χ3n) is 6.52. The van der Waals surface area contributed by atoms with Gasteiger partial charge >= 0.3 is 0 Å². The van der Waals surface area contributed by atoms with Crippen molar-refractivity contribution in [3.63, 3.8) is 0 Å². The summed E-state index contributed by atoms with van der Waals surface area (Å²) in [5.74, 6) is 0.427. The van der Waals surface area contributed by atoms with Gasteiger partial charge in [0.15, 0.2) is 0 Å². The van der Waals surface area contributed by atoms with E-state index in [4.69, 9.17) is 11.6 Å². The monoisotopic (exact) mass is 464 g/mol. The first-order valence-electron chi connectivity index (χ1n) is 10.7. The Morgan fingerprint density at radius 3 is 2.62 bits per heavy atom. The first kappa shape index (κ1) is 21.1. The van der Waals surface area contributed by atoms with Crippen molar-refractivity contribution in [2.75, 3.05) is 10.0 Å². The number of sulfonamides is 1. The van der Waals surface area contributed by atoms with Crippen LogP contribution in [0.25, 0.3) is 0 Å². The molecule has 2 aliphatic rings. The van der Waals surface area contributed by atoms with Crippen LogP contribution in [0, 0.1) is 19.8 Å². The number of nitrogens with one attached hydrogen (secondary N) is 2. The van der Waals surface area contributed by atoms with Gasteiger partial charge < -0.3 is 5.32 Å². The SMILES string of the molecule is Cc1ccc(C)c(NS(=O)(=O)c2ccc3c(c2)[C@H]2C=CC[C@H]2[C@@H](c2ccccc2Cl)N3)c1. The highest BCUT2D eigenvalue weighted by Crippen LogP contribution is 2.51. The molecule has 0 saturated carbocycles. The van der Waals surface area contributed by atoms with Crippen LogP contribution in [0.2, 0.25) is 5.02 Å². The Balaban J connectivity index is 1.51. The van der Waals surface area contributed by atoms with Gasteiger partial charge in [-0.15, -0.1) is 0 Å². The standard InChI is InChI=1S/C26H25ClN2O2S/c1-16-10-11-17(2)25(14-16)29-32(30,31)18-12-13-24-22(15-18)19-7-5-8-20(19)26(28-24)21-6-3-4-9-23(21)27/h3-7,9-15,19-20,26,28-29H,8H2,1-2H3/t19-,20+,26-/m0/s1. The fraction of sp³-hybridized carbons (Fsp3) is 0.231. The van der Waals surface area contributed by atoms with Crippen molar-refractivity contribution < 1.29 is 8.42 Å². The normalized spacial score (nSPS) is 21.5. The summed E-state index contributed by atoms with van der Waals surface area (Å²) in [7, 11) is -3.71. The van der Waals surface area contributed by atoms with Gasteiger partial charge in [0.05, 0.1) is 16.6 Å².